The number of nitrogens with zero attached hydrogens (tertiary/aromatic N) is 1. The fourth-order valence-electron chi connectivity index (χ4n) is 3.39. The van der Waals surface area contributed by atoms with E-state index < -0.39 is 6.10 Å². The Balaban J connectivity index is 1.71. The number of fused-ring (bicyclic) bond motifs is 1. The average Bonchev–Trinajstić information content (AvgIpc) is 2.70. The summed E-state index contributed by atoms with van der Waals surface area (Å²) < 4.78 is 5.78. The van der Waals surface area contributed by atoms with Crippen LogP contribution >= 0.6 is 0 Å². The number of hydrogen-bond acceptors (Lipinski definition) is 3. The van der Waals surface area contributed by atoms with E-state index in [9.17, 15) is 9.59 Å². The highest BCUT2D eigenvalue weighted by Gasteiger charge is 2.31. The highest BCUT2D eigenvalue weighted by atomic mass is 16.5. The van der Waals surface area contributed by atoms with Crippen molar-refractivity contribution in [2.24, 2.45) is 5.92 Å². The van der Waals surface area contributed by atoms with Crippen LogP contribution in [0.4, 0.5) is 11.4 Å². The van der Waals surface area contributed by atoms with Crippen molar-refractivity contribution in [3.05, 3.63) is 59.7 Å². The smallest absolute Gasteiger partial charge is 0.267 e. The number of ether oxygens (including phenoxy) is 1. The number of nitrogens with one attached hydrogen (secondary N) is 1. The summed E-state index contributed by atoms with van der Waals surface area (Å²) in [6.07, 6.45) is 2.76. The molecule has 0 aromatic heterocycles. The van der Waals surface area contributed by atoms with E-state index >= 15 is 0 Å². The van der Waals surface area contributed by atoms with Gasteiger partial charge in [-0.2, -0.15) is 0 Å². The zero-order valence-electron chi connectivity index (χ0n) is 18.3. The molecule has 1 aliphatic heterocycles. The molecular weight excluding hydrogens is 376 g/mol. The van der Waals surface area contributed by atoms with Crippen molar-refractivity contribution in [2.45, 2.75) is 46.6 Å². The van der Waals surface area contributed by atoms with E-state index in [2.05, 4.69) is 45.1 Å². The molecule has 5 heteroatoms. The normalized spacial score (nSPS) is 16.2. The summed E-state index contributed by atoms with van der Waals surface area (Å²) in [6.45, 7) is 10.8. The van der Waals surface area contributed by atoms with Crippen LogP contribution in [0.5, 0.6) is 5.75 Å². The van der Waals surface area contributed by atoms with Crippen LogP contribution in [-0.2, 0) is 9.59 Å². The summed E-state index contributed by atoms with van der Waals surface area (Å²) >= 11 is 0. The monoisotopic (exact) mass is 406 g/mol. The van der Waals surface area contributed by atoms with Gasteiger partial charge in [0, 0.05) is 24.4 Å². The molecule has 1 N–H and O–H groups in total. The molecule has 1 aliphatic rings. The molecule has 2 amide bonds. The largest absolute Gasteiger partial charge is 0.479 e. The summed E-state index contributed by atoms with van der Waals surface area (Å²) in [6, 6.07) is 13.6. The number of anilines is 2. The summed E-state index contributed by atoms with van der Waals surface area (Å²) in [5.74, 6) is 1.16. The standard InChI is InChI=1S/C25H30N2O3/c1-16(2)15-27-22-12-11-21(14-23(22)30-18(5)25(27)29)26-24(28)13-8-19-6-9-20(10-7-19)17(3)4/h6-14,16-18H,15H2,1-5H3,(H,26,28)/b13-8+. The quantitative estimate of drug-likeness (QED) is 0.668. The van der Waals surface area contributed by atoms with Gasteiger partial charge in [-0.3, -0.25) is 9.59 Å². The molecule has 2 aromatic rings. The highest BCUT2D eigenvalue weighted by Crippen LogP contribution is 2.36. The first-order valence-corrected chi connectivity index (χ1v) is 10.5. The number of carbonyl (C=O) groups is 2. The number of carbonyl (C=O) groups excluding carboxylic acids is 2. The molecule has 1 heterocycles. The first-order valence-electron chi connectivity index (χ1n) is 10.5. The molecule has 0 spiro atoms. The Hall–Kier alpha value is -3.08. The number of benzene rings is 2. The van der Waals surface area contributed by atoms with E-state index in [1.54, 1.807) is 30.0 Å². The zero-order valence-corrected chi connectivity index (χ0v) is 18.3. The van der Waals surface area contributed by atoms with Crippen molar-refractivity contribution in [3.63, 3.8) is 0 Å². The zero-order chi connectivity index (χ0) is 21.8. The van der Waals surface area contributed by atoms with Gasteiger partial charge >= 0.3 is 0 Å². The van der Waals surface area contributed by atoms with Gasteiger partial charge < -0.3 is 15.0 Å². The molecule has 30 heavy (non-hydrogen) atoms. The number of hydrogen-bond donors (Lipinski definition) is 1. The Morgan fingerprint density at radius 2 is 1.83 bits per heavy atom. The minimum atomic E-state index is -0.545. The van der Waals surface area contributed by atoms with E-state index in [1.807, 2.05) is 18.2 Å². The van der Waals surface area contributed by atoms with Gasteiger partial charge in [-0.1, -0.05) is 52.0 Å². The van der Waals surface area contributed by atoms with Crippen LogP contribution in [0.25, 0.3) is 6.08 Å². The minimum Gasteiger partial charge on any atom is -0.479 e. The second-order valence-corrected chi connectivity index (χ2v) is 8.43. The lowest BCUT2D eigenvalue weighted by molar-refractivity contribution is -0.125. The third-order valence-electron chi connectivity index (χ3n) is 5.01. The van der Waals surface area contributed by atoms with Crippen LogP contribution in [0.3, 0.4) is 0 Å². The van der Waals surface area contributed by atoms with Crippen LogP contribution in [0.1, 0.15) is 51.7 Å². The third kappa shape index (κ3) is 5.09. The van der Waals surface area contributed by atoms with Crippen LogP contribution < -0.4 is 15.0 Å². The SMILES string of the molecule is CC(C)CN1C(=O)C(C)Oc2cc(NC(=O)/C=C/c3ccc(C(C)C)cc3)ccc21. The van der Waals surface area contributed by atoms with Gasteiger partial charge in [0.05, 0.1) is 5.69 Å². The van der Waals surface area contributed by atoms with Crippen LogP contribution in [0, 0.1) is 5.92 Å². The molecule has 0 saturated carbocycles. The summed E-state index contributed by atoms with van der Waals surface area (Å²) in [7, 11) is 0. The Bertz CT molecular complexity index is 945. The molecule has 5 nitrogen and oxygen atoms in total. The molecular formula is C25H30N2O3. The maximum Gasteiger partial charge on any atom is 0.267 e. The van der Waals surface area contributed by atoms with Crippen molar-refractivity contribution in [1.29, 1.82) is 0 Å². The van der Waals surface area contributed by atoms with Gasteiger partial charge in [-0.05, 0) is 48.1 Å². The van der Waals surface area contributed by atoms with Gasteiger partial charge in [-0.15, -0.1) is 0 Å². The second kappa shape index (κ2) is 9.16. The Morgan fingerprint density at radius 3 is 2.47 bits per heavy atom. The van der Waals surface area contributed by atoms with Gasteiger partial charge in [-0.25, -0.2) is 0 Å². The first kappa shape index (κ1) is 21.6. The predicted molar refractivity (Wildman–Crippen MR) is 122 cm³/mol. The van der Waals surface area contributed by atoms with Crippen molar-refractivity contribution in [2.75, 3.05) is 16.8 Å². The Labute approximate surface area is 178 Å². The summed E-state index contributed by atoms with van der Waals surface area (Å²) in [4.78, 5) is 26.6. The van der Waals surface area contributed by atoms with Gasteiger partial charge in [0.1, 0.15) is 5.75 Å². The van der Waals surface area contributed by atoms with E-state index in [1.165, 1.54) is 11.6 Å². The molecule has 2 aromatic carbocycles. The Kier molecular flexibility index (Phi) is 6.60. The van der Waals surface area contributed by atoms with E-state index in [4.69, 9.17) is 4.74 Å². The maximum absolute atomic E-state index is 12.5. The fourth-order valence-corrected chi connectivity index (χ4v) is 3.39. The van der Waals surface area contributed by atoms with E-state index in [0.717, 1.165) is 11.3 Å². The molecule has 1 atom stereocenters. The molecule has 0 fully saturated rings. The molecule has 158 valence electrons. The molecule has 3 rings (SSSR count). The average molecular weight is 407 g/mol. The van der Waals surface area contributed by atoms with Crippen molar-refractivity contribution in [3.8, 4) is 5.75 Å². The third-order valence-corrected chi connectivity index (χ3v) is 5.01. The topological polar surface area (TPSA) is 58.6 Å². The lowest BCUT2D eigenvalue weighted by atomic mass is 10.0. The predicted octanol–water partition coefficient (Wildman–Crippen LogP) is 5.23. The van der Waals surface area contributed by atoms with Crippen molar-refractivity contribution >= 4 is 29.3 Å². The summed E-state index contributed by atoms with van der Waals surface area (Å²) in [5.41, 5.74) is 3.61. The van der Waals surface area contributed by atoms with Crippen LogP contribution in [-0.4, -0.2) is 24.5 Å². The molecule has 0 bridgehead atoms. The first-order chi connectivity index (χ1) is 14.2. The molecule has 0 saturated heterocycles. The van der Waals surface area contributed by atoms with Crippen molar-refractivity contribution in [1.82, 2.24) is 0 Å². The maximum atomic E-state index is 12.5. The lowest BCUT2D eigenvalue weighted by Gasteiger charge is -2.34. The second-order valence-electron chi connectivity index (χ2n) is 8.43. The van der Waals surface area contributed by atoms with Crippen molar-refractivity contribution < 1.29 is 14.3 Å². The van der Waals surface area contributed by atoms with Crippen LogP contribution in [0.2, 0.25) is 0 Å². The molecule has 0 aliphatic carbocycles. The number of rotatable bonds is 6. The summed E-state index contributed by atoms with van der Waals surface area (Å²) in [5, 5.41) is 2.86. The van der Waals surface area contributed by atoms with E-state index in [-0.39, 0.29) is 11.8 Å². The van der Waals surface area contributed by atoms with Gasteiger partial charge in [0.2, 0.25) is 5.91 Å². The molecule has 0 radical (unpaired) electrons. The van der Waals surface area contributed by atoms with Gasteiger partial charge in [0.25, 0.3) is 5.91 Å². The Morgan fingerprint density at radius 1 is 1.13 bits per heavy atom. The van der Waals surface area contributed by atoms with Crippen LogP contribution in [0.15, 0.2) is 48.5 Å². The van der Waals surface area contributed by atoms with E-state index in [0.29, 0.717) is 29.8 Å². The lowest BCUT2D eigenvalue weighted by Crippen LogP contribution is -2.46. The minimum absolute atomic E-state index is 0.0422. The molecule has 1 unspecified atom stereocenters. The fraction of sp³-hybridized carbons (Fsp3) is 0.360. The number of amides is 2. The van der Waals surface area contributed by atoms with Gasteiger partial charge in [0.15, 0.2) is 6.10 Å². The highest BCUT2D eigenvalue weighted by molar-refractivity contribution is 6.03.